The second kappa shape index (κ2) is 6.26. The molecule has 0 aromatic carbocycles. The molecule has 1 aliphatic rings. The van der Waals surface area contributed by atoms with Gasteiger partial charge in [0.05, 0.1) is 6.54 Å². The molecule has 0 spiro atoms. The maximum Gasteiger partial charge on any atom is 0.220 e. The summed E-state index contributed by atoms with van der Waals surface area (Å²) in [5.74, 6) is 0.0363. The van der Waals surface area contributed by atoms with E-state index in [4.69, 9.17) is 17.3 Å². The Bertz CT molecular complexity index is 260. The van der Waals surface area contributed by atoms with Crippen LogP contribution in [0.25, 0.3) is 0 Å². The Labute approximate surface area is 102 Å². The maximum absolute atomic E-state index is 11.7. The quantitative estimate of drug-likeness (QED) is 0.779. The number of hydrogen-bond acceptors (Lipinski definition) is 2. The molecule has 3 N–H and O–H groups in total. The Morgan fingerprint density at radius 1 is 1.38 bits per heavy atom. The third-order valence-electron chi connectivity index (χ3n) is 3.36. The molecule has 0 aromatic heterocycles. The normalized spacial score (nSPS) is 19.1. The van der Waals surface area contributed by atoms with Gasteiger partial charge in [-0.1, -0.05) is 37.4 Å². The lowest BCUT2D eigenvalue weighted by Crippen LogP contribution is -2.38. The number of rotatable bonds is 5. The molecular weight excluding hydrogens is 224 g/mol. The van der Waals surface area contributed by atoms with Crippen LogP contribution in [0.3, 0.4) is 0 Å². The molecule has 16 heavy (non-hydrogen) atoms. The van der Waals surface area contributed by atoms with E-state index in [0.29, 0.717) is 24.5 Å². The minimum Gasteiger partial charge on any atom is -0.351 e. The fourth-order valence-corrected chi connectivity index (χ4v) is 2.42. The van der Waals surface area contributed by atoms with Crippen molar-refractivity contribution in [3.8, 4) is 0 Å². The molecule has 0 bridgehead atoms. The molecule has 92 valence electrons. The van der Waals surface area contributed by atoms with Crippen LogP contribution in [0.4, 0.5) is 0 Å². The van der Waals surface area contributed by atoms with Gasteiger partial charge in [-0.3, -0.25) is 4.79 Å². The summed E-state index contributed by atoms with van der Waals surface area (Å²) in [6, 6.07) is 0. The highest BCUT2D eigenvalue weighted by atomic mass is 35.5. The summed E-state index contributed by atoms with van der Waals surface area (Å²) < 4.78 is 0. The van der Waals surface area contributed by atoms with Gasteiger partial charge in [-0.15, -0.1) is 0 Å². The van der Waals surface area contributed by atoms with Crippen LogP contribution in [0.15, 0.2) is 11.6 Å². The highest BCUT2D eigenvalue weighted by Crippen LogP contribution is 2.38. The zero-order valence-corrected chi connectivity index (χ0v) is 10.5. The molecule has 1 rings (SSSR count). The third kappa shape index (κ3) is 4.14. The monoisotopic (exact) mass is 244 g/mol. The molecule has 1 aliphatic carbocycles. The van der Waals surface area contributed by atoms with E-state index < -0.39 is 0 Å². The van der Waals surface area contributed by atoms with E-state index in [0.717, 1.165) is 12.8 Å². The number of nitrogens with two attached hydrogens (primary N) is 1. The highest BCUT2D eigenvalue weighted by Gasteiger charge is 2.32. The molecule has 1 amide bonds. The maximum atomic E-state index is 11.7. The average molecular weight is 245 g/mol. The lowest BCUT2D eigenvalue weighted by atomic mass is 9.71. The summed E-state index contributed by atoms with van der Waals surface area (Å²) in [7, 11) is 0. The Morgan fingerprint density at radius 2 is 2.00 bits per heavy atom. The van der Waals surface area contributed by atoms with Crippen LogP contribution in [-0.4, -0.2) is 19.0 Å². The molecule has 3 nitrogen and oxygen atoms in total. The first-order valence-electron chi connectivity index (χ1n) is 5.88. The number of carbonyl (C=O) groups excluding carboxylic acids is 1. The molecular formula is C12H21ClN2O. The van der Waals surface area contributed by atoms with Crippen LogP contribution >= 0.6 is 11.6 Å². The van der Waals surface area contributed by atoms with Crippen molar-refractivity contribution in [2.24, 2.45) is 11.1 Å². The van der Waals surface area contributed by atoms with Gasteiger partial charge in [-0.25, -0.2) is 0 Å². The zero-order valence-electron chi connectivity index (χ0n) is 9.73. The Hall–Kier alpha value is -0.540. The molecule has 1 fully saturated rings. The van der Waals surface area contributed by atoms with E-state index in [1.807, 2.05) is 0 Å². The summed E-state index contributed by atoms with van der Waals surface area (Å²) in [5, 5.41) is 3.22. The summed E-state index contributed by atoms with van der Waals surface area (Å²) >= 11 is 5.60. The standard InChI is InChI=1S/C12H21ClN2O/c1-10(13)8-15-11(16)7-12(9-14)5-3-2-4-6-12/h1-9,14H2,(H,15,16). The SMILES string of the molecule is C=C(Cl)CNC(=O)CC1(CN)CCCCC1. The molecule has 0 atom stereocenters. The van der Waals surface area contributed by atoms with Gasteiger partial charge in [0.2, 0.25) is 5.91 Å². The summed E-state index contributed by atoms with van der Waals surface area (Å²) in [6.07, 6.45) is 6.30. The van der Waals surface area contributed by atoms with E-state index in [-0.39, 0.29) is 11.3 Å². The van der Waals surface area contributed by atoms with Gasteiger partial charge in [0.1, 0.15) is 0 Å². The van der Waals surface area contributed by atoms with Crippen molar-refractivity contribution in [1.29, 1.82) is 0 Å². The molecule has 0 aliphatic heterocycles. The van der Waals surface area contributed by atoms with E-state index in [1.165, 1.54) is 19.3 Å². The van der Waals surface area contributed by atoms with Gasteiger partial charge in [0, 0.05) is 11.5 Å². The van der Waals surface area contributed by atoms with E-state index >= 15 is 0 Å². The molecule has 0 heterocycles. The van der Waals surface area contributed by atoms with Crippen molar-refractivity contribution in [2.75, 3.05) is 13.1 Å². The molecule has 4 heteroatoms. The van der Waals surface area contributed by atoms with Crippen molar-refractivity contribution in [1.82, 2.24) is 5.32 Å². The lowest BCUT2D eigenvalue weighted by molar-refractivity contribution is -0.123. The fourth-order valence-electron chi connectivity index (χ4n) is 2.35. The van der Waals surface area contributed by atoms with E-state index in [2.05, 4.69) is 11.9 Å². The number of carbonyl (C=O) groups is 1. The van der Waals surface area contributed by atoms with Crippen LogP contribution in [0, 0.1) is 5.41 Å². The van der Waals surface area contributed by atoms with Gasteiger partial charge in [-0.2, -0.15) is 0 Å². The predicted octanol–water partition coefficient (Wildman–Crippen LogP) is 2.15. The number of nitrogens with one attached hydrogen (secondary N) is 1. The van der Waals surface area contributed by atoms with E-state index in [1.54, 1.807) is 0 Å². The molecule has 0 unspecified atom stereocenters. The van der Waals surface area contributed by atoms with Crippen molar-refractivity contribution < 1.29 is 4.79 Å². The zero-order chi connectivity index (χ0) is 12.0. The molecule has 0 saturated heterocycles. The van der Waals surface area contributed by atoms with Crippen LogP contribution in [0.1, 0.15) is 38.5 Å². The van der Waals surface area contributed by atoms with Crippen LogP contribution < -0.4 is 11.1 Å². The van der Waals surface area contributed by atoms with Crippen LogP contribution in [-0.2, 0) is 4.79 Å². The number of hydrogen-bond donors (Lipinski definition) is 2. The smallest absolute Gasteiger partial charge is 0.220 e. The van der Waals surface area contributed by atoms with Crippen molar-refractivity contribution in [2.45, 2.75) is 38.5 Å². The van der Waals surface area contributed by atoms with Crippen molar-refractivity contribution in [3.63, 3.8) is 0 Å². The first kappa shape index (κ1) is 13.5. The second-order valence-electron chi connectivity index (χ2n) is 4.74. The Kier molecular flexibility index (Phi) is 5.29. The summed E-state index contributed by atoms with van der Waals surface area (Å²) in [4.78, 5) is 11.7. The first-order valence-corrected chi connectivity index (χ1v) is 6.26. The average Bonchev–Trinajstić information content (AvgIpc) is 2.28. The second-order valence-corrected chi connectivity index (χ2v) is 5.27. The van der Waals surface area contributed by atoms with Crippen LogP contribution in [0.5, 0.6) is 0 Å². The van der Waals surface area contributed by atoms with Gasteiger partial charge >= 0.3 is 0 Å². The topological polar surface area (TPSA) is 55.1 Å². The largest absolute Gasteiger partial charge is 0.351 e. The number of halogens is 1. The van der Waals surface area contributed by atoms with Gasteiger partial charge < -0.3 is 11.1 Å². The lowest BCUT2D eigenvalue weighted by Gasteiger charge is -2.35. The first-order chi connectivity index (χ1) is 7.58. The highest BCUT2D eigenvalue weighted by molar-refractivity contribution is 6.29. The van der Waals surface area contributed by atoms with Crippen LogP contribution in [0.2, 0.25) is 0 Å². The summed E-state index contributed by atoms with van der Waals surface area (Å²) in [6.45, 7) is 4.49. The van der Waals surface area contributed by atoms with Gasteiger partial charge in [0.25, 0.3) is 0 Å². The van der Waals surface area contributed by atoms with E-state index in [9.17, 15) is 4.79 Å². The minimum atomic E-state index is 0.0238. The number of amides is 1. The fraction of sp³-hybridized carbons (Fsp3) is 0.750. The minimum absolute atomic E-state index is 0.0238. The molecule has 1 saturated carbocycles. The molecule has 0 aromatic rings. The summed E-state index contributed by atoms with van der Waals surface area (Å²) in [5.41, 5.74) is 5.84. The Morgan fingerprint density at radius 3 is 2.50 bits per heavy atom. The molecule has 0 radical (unpaired) electrons. The predicted molar refractivity (Wildman–Crippen MR) is 67.2 cm³/mol. The van der Waals surface area contributed by atoms with Crippen molar-refractivity contribution in [3.05, 3.63) is 11.6 Å². The third-order valence-corrected chi connectivity index (χ3v) is 3.49. The van der Waals surface area contributed by atoms with Gasteiger partial charge in [-0.05, 0) is 24.8 Å². The Balaban J connectivity index is 2.42. The van der Waals surface area contributed by atoms with Crippen molar-refractivity contribution >= 4 is 17.5 Å². The van der Waals surface area contributed by atoms with Gasteiger partial charge in [0.15, 0.2) is 0 Å².